The van der Waals surface area contributed by atoms with Crippen LogP contribution >= 0.6 is 0 Å². The van der Waals surface area contributed by atoms with Crippen molar-refractivity contribution < 1.29 is 19.4 Å². The summed E-state index contributed by atoms with van der Waals surface area (Å²) < 4.78 is 5.39. The van der Waals surface area contributed by atoms with E-state index in [1.54, 1.807) is 4.90 Å². The Morgan fingerprint density at radius 1 is 1.30 bits per heavy atom. The molecule has 0 spiro atoms. The zero-order valence-corrected chi connectivity index (χ0v) is 11.6. The highest BCUT2D eigenvalue weighted by Gasteiger charge is 2.40. The Labute approximate surface area is 118 Å². The summed E-state index contributed by atoms with van der Waals surface area (Å²) >= 11 is 0. The summed E-state index contributed by atoms with van der Waals surface area (Å²) in [5.41, 5.74) is 0. The highest BCUT2D eigenvalue weighted by atomic mass is 16.5. The first kappa shape index (κ1) is 13.7. The van der Waals surface area contributed by atoms with Crippen LogP contribution in [0.4, 0.5) is 4.79 Å². The molecule has 4 atom stereocenters. The number of hydrogen-bond acceptors (Lipinski definition) is 3. The molecule has 3 fully saturated rings. The fraction of sp³-hybridized carbons (Fsp3) is 0.857. The SMILES string of the molecule is O=C(O)CC1CN(C(=O)NC2CC3CCC2C3)CCO1. The van der Waals surface area contributed by atoms with Gasteiger partial charge in [-0.05, 0) is 31.1 Å². The highest BCUT2D eigenvalue weighted by Crippen LogP contribution is 2.44. The number of fused-ring (bicyclic) bond motifs is 2. The van der Waals surface area contributed by atoms with E-state index < -0.39 is 5.97 Å². The van der Waals surface area contributed by atoms with Crippen LogP contribution in [0.25, 0.3) is 0 Å². The molecule has 112 valence electrons. The van der Waals surface area contributed by atoms with Gasteiger partial charge in [0.1, 0.15) is 0 Å². The van der Waals surface area contributed by atoms with Crippen LogP contribution in [0.2, 0.25) is 0 Å². The van der Waals surface area contributed by atoms with Crippen LogP contribution in [0.1, 0.15) is 32.1 Å². The first-order valence-electron chi connectivity index (χ1n) is 7.50. The Kier molecular flexibility index (Phi) is 3.83. The predicted octanol–water partition coefficient (Wildman–Crippen LogP) is 1.06. The van der Waals surface area contributed by atoms with Gasteiger partial charge in [-0.1, -0.05) is 6.42 Å². The van der Waals surface area contributed by atoms with Gasteiger partial charge in [-0.3, -0.25) is 4.79 Å². The number of carbonyl (C=O) groups is 2. The van der Waals surface area contributed by atoms with E-state index in [9.17, 15) is 9.59 Å². The normalized spacial score (nSPS) is 36.1. The third kappa shape index (κ3) is 2.90. The van der Waals surface area contributed by atoms with Gasteiger partial charge < -0.3 is 20.1 Å². The fourth-order valence-corrected chi connectivity index (χ4v) is 3.89. The Bertz CT molecular complexity index is 401. The van der Waals surface area contributed by atoms with Gasteiger partial charge in [0.15, 0.2) is 0 Å². The lowest BCUT2D eigenvalue weighted by atomic mass is 9.95. The van der Waals surface area contributed by atoms with Crippen molar-refractivity contribution in [3.63, 3.8) is 0 Å². The van der Waals surface area contributed by atoms with Crippen molar-refractivity contribution in [2.45, 2.75) is 44.2 Å². The second-order valence-corrected chi connectivity index (χ2v) is 6.27. The molecule has 0 aromatic rings. The maximum absolute atomic E-state index is 12.3. The van der Waals surface area contributed by atoms with Crippen molar-refractivity contribution in [2.75, 3.05) is 19.7 Å². The molecule has 2 amide bonds. The number of aliphatic carboxylic acids is 1. The summed E-state index contributed by atoms with van der Waals surface area (Å²) in [7, 11) is 0. The predicted molar refractivity (Wildman–Crippen MR) is 71.3 cm³/mol. The quantitative estimate of drug-likeness (QED) is 0.811. The van der Waals surface area contributed by atoms with E-state index in [0.29, 0.717) is 31.7 Å². The number of urea groups is 1. The molecule has 6 nitrogen and oxygen atoms in total. The Morgan fingerprint density at radius 3 is 2.80 bits per heavy atom. The molecular formula is C14H22N2O4. The number of hydrogen-bond donors (Lipinski definition) is 2. The van der Waals surface area contributed by atoms with Crippen LogP contribution in [-0.4, -0.2) is 53.8 Å². The minimum atomic E-state index is -0.884. The number of rotatable bonds is 3. The third-order valence-corrected chi connectivity index (χ3v) is 4.88. The molecule has 1 heterocycles. The van der Waals surface area contributed by atoms with Gasteiger partial charge in [0.25, 0.3) is 0 Å². The molecule has 0 radical (unpaired) electrons. The standard InChI is InChI=1S/C14H22N2O4/c17-13(18)7-11-8-16(3-4-20-11)14(19)15-12-6-9-1-2-10(12)5-9/h9-12H,1-8H2,(H,15,19)(H,17,18). The minimum absolute atomic E-state index is 0.0437. The Hall–Kier alpha value is -1.30. The number of ether oxygens (including phenoxy) is 1. The van der Waals surface area contributed by atoms with Gasteiger partial charge in [-0.15, -0.1) is 0 Å². The zero-order chi connectivity index (χ0) is 14.1. The second kappa shape index (κ2) is 5.60. The molecule has 0 aromatic carbocycles. The molecule has 3 rings (SSSR count). The number of nitrogens with one attached hydrogen (secondary N) is 1. The fourth-order valence-electron chi connectivity index (χ4n) is 3.89. The van der Waals surface area contributed by atoms with Crippen molar-refractivity contribution in [3.8, 4) is 0 Å². The summed E-state index contributed by atoms with van der Waals surface area (Å²) in [6.07, 6.45) is 4.50. The van der Waals surface area contributed by atoms with Crippen LogP contribution in [0.3, 0.4) is 0 Å². The van der Waals surface area contributed by atoms with E-state index >= 15 is 0 Å². The van der Waals surface area contributed by atoms with Crippen molar-refractivity contribution in [3.05, 3.63) is 0 Å². The molecule has 20 heavy (non-hydrogen) atoms. The zero-order valence-electron chi connectivity index (χ0n) is 11.6. The summed E-state index contributed by atoms with van der Waals surface area (Å²) in [5, 5.41) is 11.9. The summed E-state index contributed by atoms with van der Waals surface area (Å²) in [4.78, 5) is 24.7. The molecule has 1 saturated heterocycles. The van der Waals surface area contributed by atoms with E-state index in [1.165, 1.54) is 19.3 Å². The maximum Gasteiger partial charge on any atom is 0.317 e. The minimum Gasteiger partial charge on any atom is -0.481 e. The van der Waals surface area contributed by atoms with E-state index in [4.69, 9.17) is 9.84 Å². The van der Waals surface area contributed by atoms with Crippen LogP contribution in [0, 0.1) is 11.8 Å². The van der Waals surface area contributed by atoms with Crippen LogP contribution in [0.15, 0.2) is 0 Å². The van der Waals surface area contributed by atoms with Crippen molar-refractivity contribution in [1.82, 2.24) is 10.2 Å². The second-order valence-electron chi connectivity index (χ2n) is 6.27. The van der Waals surface area contributed by atoms with Gasteiger partial charge in [0.05, 0.1) is 19.1 Å². The molecule has 6 heteroatoms. The van der Waals surface area contributed by atoms with Crippen molar-refractivity contribution in [2.24, 2.45) is 11.8 Å². The molecule has 2 saturated carbocycles. The molecule has 0 aromatic heterocycles. The lowest BCUT2D eigenvalue weighted by molar-refractivity contribution is -0.141. The highest BCUT2D eigenvalue weighted by molar-refractivity contribution is 5.75. The Morgan fingerprint density at radius 2 is 2.15 bits per heavy atom. The van der Waals surface area contributed by atoms with Gasteiger partial charge in [-0.2, -0.15) is 0 Å². The number of carbonyl (C=O) groups excluding carboxylic acids is 1. The van der Waals surface area contributed by atoms with Gasteiger partial charge >= 0.3 is 12.0 Å². The maximum atomic E-state index is 12.3. The third-order valence-electron chi connectivity index (χ3n) is 4.88. The first-order valence-corrected chi connectivity index (χ1v) is 7.50. The first-order chi connectivity index (χ1) is 9.61. The largest absolute Gasteiger partial charge is 0.481 e. The number of morpholine rings is 1. The Balaban J connectivity index is 1.50. The average molecular weight is 282 g/mol. The van der Waals surface area contributed by atoms with Gasteiger partial charge in [0.2, 0.25) is 0 Å². The van der Waals surface area contributed by atoms with Crippen LogP contribution in [0.5, 0.6) is 0 Å². The molecule has 1 aliphatic heterocycles. The monoisotopic (exact) mass is 282 g/mol. The summed E-state index contributed by atoms with van der Waals surface area (Å²) in [6.45, 7) is 1.34. The summed E-state index contributed by atoms with van der Waals surface area (Å²) in [6, 6.07) is 0.267. The lowest BCUT2D eigenvalue weighted by Gasteiger charge is -2.34. The molecular weight excluding hydrogens is 260 g/mol. The van der Waals surface area contributed by atoms with Gasteiger partial charge in [0, 0.05) is 19.1 Å². The van der Waals surface area contributed by atoms with Gasteiger partial charge in [-0.25, -0.2) is 4.79 Å². The van der Waals surface area contributed by atoms with E-state index in [-0.39, 0.29) is 18.6 Å². The molecule has 2 bridgehead atoms. The topological polar surface area (TPSA) is 78.9 Å². The van der Waals surface area contributed by atoms with E-state index in [0.717, 1.165) is 12.3 Å². The molecule has 2 N–H and O–H groups in total. The van der Waals surface area contributed by atoms with E-state index in [2.05, 4.69) is 5.32 Å². The average Bonchev–Trinajstić information content (AvgIpc) is 3.00. The molecule has 2 aliphatic carbocycles. The van der Waals surface area contributed by atoms with Crippen LogP contribution < -0.4 is 5.32 Å². The molecule has 3 aliphatic rings. The summed E-state index contributed by atoms with van der Waals surface area (Å²) in [5.74, 6) is 0.569. The molecule has 4 unspecified atom stereocenters. The number of amides is 2. The number of nitrogens with zero attached hydrogens (tertiary/aromatic N) is 1. The smallest absolute Gasteiger partial charge is 0.317 e. The number of carboxylic acids is 1. The van der Waals surface area contributed by atoms with Crippen molar-refractivity contribution in [1.29, 1.82) is 0 Å². The lowest BCUT2D eigenvalue weighted by Crippen LogP contribution is -2.52. The van der Waals surface area contributed by atoms with Crippen molar-refractivity contribution >= 4 is 12.0 Å². The van der Waals surface area contributed by atoms with E-state index in [1.807, 2.05) is 0 Å². The van der Waals surface area contributed by atoms with Crippen LogP contribution in [-0.2, 0) is 9.53 Å². The number of carboxylic acid groups (broad SMARTS) is 1.